The lowest BCUT2D eigenvalue weighted by Gasteiger charge is -2.17. The van der Waals surface area contributed by atoms with E-state index in [1.54, 1.807) is 19.1 Å². The maximum absolute atomic E-state index is 12.6. The lowest BCUT2D eigenvalue weighted by molar-refractivity contribution is 0.552. The number of halogens is 2. The second-order valence-electron chi connectivity index (χ2n) is 4.72. The molecule has 0 amide bonds. The third-order valence-electron chi connectivity index (χ3n) is 3.18. The molecule has 112 valence electrons. The molecule has 0 aliphatic carbocycles. The van der Waals surface area contributed by atoms with Crippen molar-refractivity contribution in [3.05, 3.63) is 56.3 Å². The van der Waals surface area contributed by atoms with E-state index < -0.39 is 11.2 Å². The average Bonchev–Trinajstić information content (AvgIpc) is 2.44. The largest absolute Gasteiger partial charge is 0.333 e. The van der Waals surface area contributed by atoms with Gasteiger partial charge in [0.1, 0.15) is 10.7 Å². The summed E-state index contributed by atoms with van der Waals surface area (Å²) in [4.78, 5) is 25.0. The highest BCUT2D eigenvalue weighted by molar-refractivity contribution is 6.32. The third-order valence-corrected chi connectivity index (χ3v) is 3.75. The van der Waals surface area contributed by atoms with Crippen LogP contribution in [0.25, 0.3) is 11.1 Å². The standard InChI is InChI=1S/C15H16Cl2N2O2/c1-3-9-18-14(20)12(11-7-5-4-6-8-11)13(17)19(10(2)16)15(18)21/h4-8,10H,3,9H2,1-2H3. The highest BCUT2D eigenvalue weighted by Crippen LogP contribution is 2.26. The summed E-state index contributed by atoms with van der Waals surface area (Å²) in [6.45, 7) is 3.87. The molecule has 0 aliphatic rings. The first-order valence-electron chi connectivity index (χ1n) is 6.73. The van der Waals surface area contributed by atoms with Gasteiger partial charge < -0.3 is 0 Å². The van der Waals surface area contributed by atoms with Crippen LogP contribution in [-0.4, -0.2) is 9.13 Å². The van der Waals surface area contributed by atoms with Crippen molar-refractivity contribution < 1.29 is 0 Å². The molecule has 0 saturated heterocycles. The summed E-state index contributed by atoms with van der Waals surface area (Å²) in [7, 11) is 0. The summed E-state index contributed by atoms with van der Waals surface area (Å²) in [6.07, 6.45) is 0.668. The summed E-state index contributed by atoms with van der Waals surface area (Å²) in [5.41, 5.74) is -0.530. The van der Waals surface area contributed by atoms with Crippen molar-refractivity contribution in [1.29, 1.82) is 0 Å². The van der Waals surface area contributed by atoms with E-state index in [0.717, 1.165) is 0 Å². The van der Waals surface area contributed by atoms with Gasteiger partial charge in [-0.2, -0.15) is 0 Å². The number of rotatable bonds is 4. The van der Waals surface area contributed by atoms with Gasteiger partial charge in [0.15, 0.2) is 0 Å². The highest BCUT2D eigenvalue weighted by atomic mass is 35.5. The molecule has 0 aliphatic heterocycles. The number of hydrogen-bond donors (Lipinski definition) is 0. The number of benzene rings is 1. The van der Waals surface area contributed by atoms with Gasteiger partial charge in [-0.25, -0.2) is 4.79 Å². The lowest BCUT2D eigenvalue weighted by Crippen LogP contribution is -2.41. The van der Waals surface area contributed by atoms with Crippen LogP contribution >= 0.6 is 23.2 Å². The predicted octanol–water partition coefficient (Wildman–Crippen LogP) is 3.50. The van der Waals surface area contributed by atoms with Crippen molar-refractivity contribution in [2.24, 2.45) is 0 Å². The number of nitrogens with zero attached hydrogens (tertiary/aromatic N) is 2. The van der Waals surface area contributed by atoms with Crippen LogP contribution in [0.15, 0.2) is 39.9 Å². The third kappa shape index (κ3) is 2.92. The summed E-state index contributed by atoms with van der Waals surface area (Å²) in [5, 5.41) is 0.0750. The molecular formula is C15H16Cl2N2O2. The van der Waals surface area contributed by atoms with Gasteiger partial charge in [-0.05, 0) is 18.9 Å². The second-order valence-corrected chi connectivity index (χ2v) is 5.70. The molecule has 1 aromatic heterocycles. The topological polar surface area (TPSA) is 44.0 Å². The van der Waals surface area contributed by atoms with E-state index in [1.165, 1.54) is 9.13 Å². The summed E-state index contributed by atoms with van der Waals surface area (Å²) < 4.78 is 2.43. The first kappa shape index (κ1) is 15.9. The zero-order valence-electron chi connectivity index (χ0n) is 11.8. The molecular weight excluding hydrogens is 311 g/mol. The van der Waals surface area contributed by atoms with Gasteiger partial charge in [0.2, 0.25) is 0 Å². The number of aromatic nitrogens is 2. The molecule has 1 heterocycles. The van der Waals surface area contributed by atoms with Gasteiger partial charge in [-0.3, -0.25) is 13.9 Å². The van der Waals surface area contributed by atoms with Gasteiger partial charge in [0.25, 0.3) is 5.56 Å². The lowest BCUT2D eigenvalue weighted by atomic mass is 10.1. The highest BCUT2D eigenvalue weighted by Gasteiger charge is 2.20. The minimum Gasteiger partial charge on any atom is -0.268 e. The van der Waals surface area contributed by atoms with E-state index >= 15 is 0 Å². The molecule has 0 saturated carbocycles. The van der Waals surface area contributed by atoms with E-state index in [0.29, 0.717) is 24.1 Å². The molecule has 4 nitrogen and oxygen atoms in total. The Balaban J connectivity index is 2.88. The van der Waals surface area contributed by atoms with Gasteiger partial charge >= 0.3 is 5.69 Å². The number of hydrogen-bond acceptors (Lipinski definition) is 2. The first-order chi connectivity index (χ1) is 9.99. The SMILES string of the molecule is CCCn1c(=O)c(-c2ccccc2)c(Cl)n(C(C)Cl)c1=O. The van der Waals surface area contributed by atoms with Gasteiger partial charge in [0, 0.05) is 6.54 Å². The number of alkyl halides is 1. The minimum absolute atomic E-state index is 0.0750. The first-order valence-corrected chi connectivity index (χ1v) is 7.54. The van der Waals surface area contributed by atoms with Crippen molar-refractivity contribution in [3.63, 3.8) is 0 Å². The Hall–Kier alpha value is -1.52. The molecule has 0 fully saturated rings. The Morgan fingerprint density at radius 2 is 1.81 bits per heavy atom. The molecule has 0 bridgehead atoms. The Morgan fingerprint density at radius 3 is 2.33 bits per heavy atom. The molecule has 0 spiro atoms. The van der Waals surface area contributed by atoms with Crippen molar-refractivity contribution in [1.82, 2.24) is 9.13 Å². The van der Waals surface area contributed by atoms with Crippen molar-refractivity contribution in [2.75, 3.05) is 0 Å². The molecule has 1 aromatic carbocycles. The van der Waals surface area contributed by atoms with Crippen molar-refractivity contribution in [3.8, 4) is 11.1 Å². The van der Waals surface area contributed by atoms with Crippen LogP contribution in [0.5, 0.6) is 0 Å². The Bertz CT molecular complexity index is 749. The maximum Gasteiger partial charge on any atom is 0.333 e. The fourth-order valence-corrected chi connectivity index (χ4v) is 2.86. The van der Waals surface area contributed by atoms with E-state index in [-0.39, 0.29) is 10.7 Å². The molecule has 0 radical (unpaired) electrons. The van der Waals surface area contributed by atoms with Crippen LogP contribution in [0.1, 0.15) is 25.8 Å². The monoisotopic (exact) mass is 326 g/mol. The van der Waals surface area contributed by atoms with Crippen LogP contribution in [0.3, 0.4) is 0 Å². The van der Waals surface area contributed by atoms with Crippen LogP contribution < -0.4 is 11.2 Å². The van der Waals surface area contributed by atoms with Crippen molar-refractivity contribution in [2.45, 2.75) is 32.3 Å². The molecule has 6 heteroatoms. The van der Waals surface area contributed by atoms with Crippen molar-refractivity contribution >= 4 is 23.2 Å². The van der Waals surface area contributed by atoms with Gasteiger partial charge in [0.05, 0.1) is 5.56 Å². The minimum atomic E-state index is -0.642. The van der Waals surface area contributed by atoms with Gasteiger partial charge in [-0.1, -0.05) is 60.5 Å². The quantitative estimate of drug-likeness (QED) is 0.637. The second kappa shape index (κ2) is 6.50. The van der Waals surface area contributed by atoms with E-state index in [1.807, 2.05) is 25.1 Å². The molecule has 2 rings (SSSR count). The van der Waals surface area contributed by atoms with E-state index in [9.17, 15) is 9.59 Å². The molecule has 21 heavy (non-hydrogen) atoms. The Morgan fingerprint density at radius 1 is 1.19 bits per heavy atom. The maximum atomic E-state index is 12.6. The Labute approximate surface area is 132 Å². The summed E-state index contributed by atoms with van der Waals surface area (Å²) >= 11 is 12.3. The predicted molar refractivity (Wildman–Crippen MR) is 86.3 cm³/mol. The summed E-state index contributed by atoms with van der Waals surface area (Å²) in [5.74, 6) is 0. The van der Waals surface area contributed by atoms with E-state index in [2.05, 4.69) is 0 Å². The fourth-order valence-electron chi connectivity index (χ4n) is 2.22. The zero-order valence-corrected chi connectivity index (χ0v) is 13.4. The van der Waals surface area contributed by atoms with Crippen LogP contribution in [0.4, 0.5) is 0 Å². The van der Waals surface area contributed by atoms with Crippen LogP contribution in [0.2, 0.25) is 5.15 Å². The van der Waals surface area contributed by atoms with Crippen LogP contribution in [-0.2, 0) is 6.54 Å². The zero-order chi connectivity index (χ0) is 15.6. The normalized spacial score (nSPS) is 12.4. The Kier molecular flexibility index (Phi) is 4.91. The van der Waals surface area contributed by atoms with E-state index in [4.69, 9.17) is 23.2 Å². The molecule has 0 N–H and O–H groups in total. The smallest absolute Gasteiger partial charge is 0.268 e. The van der Waals surface area contributed by atoms with Crippen LogP contribution in [0, 0.1) is 0 Å². The molecule has 1 unspecified atom stereocenters. The summed E-state index contributed by atoms with van der Waals surface area (Å²) in [6, 6.07) is 9.05. The molecule has 2 aromatic rings. The average molecular weight is 327 g/mol. The molecule has 1 atom stereocenters. The van der Waals surface area contributed by atoms with Gasteiger partial charge in [-0.15, -0.1) is 0 Å². The fraction of sp³-hybridized carbons (Fsp3) is 0.333.